The lowest BCUT2D eigenvalue weighted by Crippen LogP contribution is -2.43. The van der Waals surface area contributed by atoms with Crippen molar-refractivity contribution in [3.63, 3.8) is 0 Å². The first-order valence-corrected chi connectivity index (χ1v) is 8.16. The van der Waals surface area contributed by atoms with Crippen LogP contribution in [0.4, 0.5) is 0 Å². The van der Waals surface area contributed by atoms with Crippen LogP contribution in [0.3, 0.4) is 0 Å². The molecule has 0 saturated carbocycles. The van der Waals surface area contributed by atoms with Gasteiger partial charge >= 0.3 is 5.97 Å². The van der Waals surface area contributed by atoms with Gasteiger partial charge in [-0.05, 0) is 29.7 Å². The minimum absolute atomic E-state index is 0.179. The number of aryl methyl sites for hydroxylation is 1. The Morgan fingerprint density at radius 1 is 1.00 bits per heavy atom. The van der Waals surface area contributed by atoms with Crippen LogP contribution >= 0.6 is 0 Å². The number of carbonyl (C=O) groups is 2. The van der Waals surface area contributed by atoms with Gasteiger partial charge in [-0.3, -0.25) is 4.79 Å². The predicted molar refractivity (Wildman–Crippen MR) is 95.4 cm³/mol. The van der Waals surface area contributed by atoms with Crippen molar-refractivity contribution < 1.29 is 19.1 Å². The number of esters is 1. The van der Waals surface area contributed by atoms with Crippen molar-refractivity contribution in [2.24, 2.45) is 0 Å². The molecule has 0 aromatic heterocycles. The molecule has 132 valence electrons. The number of hydrogen-bond donors (Lipinski definition) is 1. The number of hydrogen-bond acceptors (Lipinski definition) is 4. The zero-order valence-electron chi connectivity index (χ0n) is 14.5. The number of methoxy groups -OCH3 is 2. The van der Waals surface area contributed by atoms with E-state index in [1.165, 1.54) is 7.11 Å². The molecule has 2 aromatic rings. The highest BCUT2D eigenvalue weighted by Gasteiger charge is 2.22. The molecule has 0 bridgehead atoms. The van der Waals surface area contributed by atoms with Crippen molar-refractivity contribution in [2.45, 2.75) is 25.3 Å². The summed E-state index contributed by atoms with van der Waals surface area (Å²) < 4.78 is 10.0. The van der Waals surface area contributed by atoms with Crippen molar-refractivity contribution >= 4 is 11.9 Å². The molecule has 1 atom stereocenters. The van der Waals surface area contributed by atoms with Crippen molar-refractivity contribution in [3.05, 3.63) is 65.7 Å². The maximum atomic E-state index is 12.2. The molecule has 5 heteroatoms. The Morgan fingerprint density at radius 3 is 2.40 bits per heavy atom. The maximum Gasteiger partial charge on any atom is 0.328 e. The summed E-state index contributed by atoms with van der Waals surface area (Å²) in [5.41, 5.74) is 1.97. The van der Waals surface area contributed by atoms with Crippen LogP contribution in [0.1, 0.15) is 17.5 Å². The Kier molecular flexibility index (Phi) is 7.01. The van der Waals surface area contributed by atoms with E-state index in [9.17, 15) is 9.59 Å². The minimum Gasteiger partial charge on any atom is -0.497 e. The van der Waals surface area contributed by atoms with E-state index in [1.54, 1.807) is 7.11 Å². The van der Waals surface area contributed by atoms with Gasteiger partial charge in [0.15, 0.2) is 0 Å². The zero-order chi connectivity index (χ0) is 18.1. The first-order valence-electron chi connectivity index (χ1n) is 8.16. The van der Waals surface area contributed by atoms with Crippen molar-refractivity contribution in [1.29, 1.82) is 0 Å². The second kappa shape index (κ2) is 9.47. The van der Waals surface area contributed by atoms with E-state index in [0.717, 1.165) is 11.1 Å². The van der Waals surface area contributed by atoms with Crippen LogP contribution in [0.25, 0.3) is 0 Å². The van der Waals surface area contributed by atoms with E-state index in [4.69, 9.17) is 9.47 Å². The topological polar surface area (TPSA) is 64.6 Å². The van der Waals surface area contributed by atoms with Gasteiger partial charge < -0.3 is 14.8 Å². The number of nitrogens with one attached hydrogen (secondary N) is 1. The lowest BCUT2D eigenvalue weighted by molar-refractivity contribution is -0.145. The summed E-state index contributed by atoms with van der Waals surface area (Å²) in [4.78, 5) is 24.2. The number of ether oxygens (including phenoxy) is 2. The van der Waals surface area contributed by atoms with Gasteiger partial charge in [-0.2, -0.15) is 0 Å². The smallest absolute Gasteiger partial charge is 0.328 e. The Labute approximate surface area is 148 Å². The molecule has 0 fully saturated rings. The molecule has 2 rings (SSSR count). The third kappa shape index (κ3) is 5.95. The molecule has 0 heterocycles. The van der Waals surface area contributed by atoms with Gasteiger partial charge in [0.2, 0.25) is 5.91 Å². The van der Waals surface area contributed by atoms with Crippen LogP contribution < -0.4 is 10.1 Å². The average molecular weight is 341 g/mol. The van der Waals surface area contributed by atoms with E-state index in [0.29, 0.717) is 25.0 Å². The summed E-state index contributed by atoms with van der Waals surface area (Å²) in [5.74, 6) is 0.0644. The second-order valence-electron chi connectivity index (χ2n) is 5.68. The van der Waals surface area contributed by atoms with Crippen LogP contribution in [-0.2, 0) is 27.2 Å². The molecule has 0 aliphatic heterocycles. The van der Waals surface area contributed by atoms with E-state index >= 15 is 0 Å². The van der Waals surface area contributed by atoms with Crippen LogP contribution in [0.15, 0.2) is 54.6 Å². The molecule has 0 spiro atoms. The van der Waals surface area contributed by atoms with E-state index in [-0.39, 0.29) is 5.91 Å². The van der Waals surface area contributed by atoms with Gasteiger partial charge in [-0.1, -0.05) is 42.5 Å². The van der Waals surface area contributed by atoms with Crippen LogP contribution in [0.2, 0.25) is 0 Å². The zero-order valence-corrected chi connectivity index (χ0v) is 14.5. The standard InChI is InChI=1S/C20H23NO4/c1-24-17-10-6-9-16(13-17)14-18(20(23)25-2)21-19(22)12-11-15-7-4-3-5-8-15/h3-10,13,18H,11-12,14H2,1-2H3,(H,21,22)/t18-/m0/s1. The number of amides is 1. The molecule has 1 N–H and O–H groups in total. The summed E-state index contributed by atoms with van der Waals surface area (Å²) >= 11 is 0. The molecule has 0 radical (unpaired) electrons. The monoisotopic (exact) mass is 341 g/mol. The summed E-state index contributed by atoms with van der Waals surface area (Å²) in [5, 5.41) is 2.77. The van der Waals surface area contributed by atoms with E-state index in [1.807, 2.05) is 54.6 Å². The van der Waals surface area contributed by atoms with Crippen LogP contribution in [-0.4, -0.2) is 32.1 Å². The fourth-order valence-corrected chi connectivity index (χ4v) is 2.54. The van der Waals surface area contributed by atoms with Crippen LogP contribution in [0.5, 0.6) is 5.75 Å². The highest BCUT2D eigenvalue weighted by molar-refractivity contribution is 5.84. The number of carbonyl (C=O) groups excluding carboxylic acids is 2. The largest absolute Gasteiger partial charge is 0.497 e. The van der Waals surface area contributed by atoms with E-state index < -0.39 is 12.0 Å². The molecule has 25 heavy (non-hydrogen) atoms. The normalized spacial score (nSPS) is 11.4. The van der Waals surface area contributed by atoms with Gasteiger partial charge in [-0.25, -0.2) is 4.79 Å². The average Bonchev–Trinajstić information content (AvgIpc) is 2.66. The van der Waals surface area contributed by atoms with Crippen molar-refractivity contribution in [3.8, 4) is 5.75 Å². The Balaban J connectivity index is 1.97. The fourth-order valence-electron chi connectivity index (χ4n) is 2.54. The maximum absolute atomic E-state index is 12.2. The quantitative estimate of drug-likeness (QED) is 0.750. The van der Waals surface area contributed by atoms with Gasteiger partial charge in [-0.15, -0.1) is 0 Å². The Bertz CT molecular complexity index is 700. The fraction of sp³-hybridized carbons (Fsp3) is 0.300. The lowest BCUT2D eigenvalue weighted by Gasteiger charge is -2.17. The van der Waals surface area contributed by atoms with Crippen LogP contribution in [0, 0.1) is 0 Å². The SMILES string of the molecule is COC(=O)[C@H](Cc1cccc(OC)c1)NC(=O)CCc1ccccc1. The first-order chi connectivity index (χ1) is 12.1. The third-order valence-corrected chi connectivity index (χ3v) is 3.88. The van der Waals surface area contributed by atoms with E-state index in [2.05, 4.69) is 5.32 Å². The highest BCUT2D eigenvalue weighted by Crippen LogP contribution is 2.14. The Hall–Kier alpha value is -2.82. The van der Waals surface area contributed by atoms with Crippen molar-refractivity contribution in [2.75, 3.05) is 14.2 Å². The molecule has 0 aliphatic carbocycles. The molecule has 0 unspecified atom stereocenters. The molecular formula is C20H23NO4. The van der Waals surface area contributed by atoms with Gasteiger partial charge in [0, 0.05) is 12.8 Å². The second-order valence-corrected chi connectivity index (χ2v) is 5.68. The summed E-state index contributed by atoms with van der Waals surface area (Å²) in [6.07, 6.45) is 1.29. The first kappa shape index (κ1) is 18.5. The summed E-state index contributed by atoms with van der Waals surface area (Å²) in [6, 6.07) is 16.4. The number of rotatable bonds is 8. The van der Waals surface area contributed by atoms with Crippen molar-refractivity contribution in [1.82, 2.24) is 5.32 Å². The molecule has 2 aromatic carbocycles. The van der Waals surface area contributed by atoms with Gasteiger partial charge in [0.25, 0.3) is 0 Å². The minimum atomic E-state index is -0.722. The molecule has 5 nitrogen and oxygen atoms in total. The molecule has 0 aliphatic rings. The summed E-state index contributed by atoms with van der Waals surface area (Å²) in [6.45, 7) is 0. The number of benzene rings is 2. The third-order valence-electron chi connectivity index (χ3n) is 3.88. The lowest BCUT2D eigenvalue weighted by atomic mass is 10.0. The molecular weight excluding hydrogens is 318 g/mol. The summed E-state index contributed by atoms with van der Waals surface area (Å²) in [7, 11) is 2.90. The molecule has 0 saturated heterocycles. The highest BCUT2D eigenvalue weighted by atomic mass is 16.5. The molecule has 1 amide bonds. The van der Waals surface area contributed by atoms with Gasteiger partial charge in [0.1, 0.15) is 11.8 Å². The predicted octanol–water partition coefficient (Wildman–Crippen LogP) is 2.53. The Morgan fingerprint density at radius 2 is 1.72 bits per heavy atom. The van der Waals surface area contributed by atoms with Gasteiger partial charge in [0.05, 0.1) is 14.2 Å².